The summed E-state index contributed by atoms with van der Waals surface area (Å²) in [4.78, 5) is 13.0. The fraction of sp³-hybridized carbons (Fsp3) is 0.435. The molecule has 0 spiro atoms. The molecule has 0 unspecified atom stereocenters. The zero-order chi connectivity index (χ0) is 20.1. The van der Waals surface area contributed by atoms with Crippen molar-refractivity contribution in [2.45, 2.75) is 31.3 Å². The third kappa shape index (κ3) is 4.54. The lowest BCUT2D eigenvalue weighted by Gasteiger charge is -2.40. The Morgan fingerprint density at radius 3 is 2.55 bits per heavy atom. The van der Waals surface area contributed by atoms with Gasteiger partial charge in [0.15, 0.2) is 11.5 Å². The van der Waals surface area contributed by atoms with Crippen LogP contribution in [0.4, 0.5) is 0 Å². The second-order valence-corrected chi connectivity index (χ2v) is 7.68. The number of ether oxygens (including phenoxy) is 3. The molecule has 1 atom stereocenters. The summed E-state index contributed by atoms with van der Waals surface area (Å²) in [5.41, 5.74) is 1.53. The number of rotatable bonds is 6. The Balaban J connectivity index is 1.47. The van der Waals surface area contributed by atoms with Crippen LogP contribution in [0.1, 0.15) is 41.7 Å². The standard InChI is InChI=1S/C23H28N2O4/c1-17(18-6-3-2-4-7-18)25-23(10-12-27-13-11-23)16-24-22(26)19-8-5-9-20-21(19)29-15-14-28-20/h2-9,17,25H,10-16H2,1H3,(H,24,26)/t17-/m0/s1. The van der Waals surface area contributed by atoms with Gasteiger partial charge < -0.3 is 24.8 Å². The molecule has 0 bridgehead atoms. The first kappa shape index (κ1) is 19.7. The van der Waals surface area contributed by atoms with E-state index in [4.69, 9.17) is 14.2 Å². The molecule has 1 saturated heterocycles. The number of fused-ring (bicyclic) bond motifs is 1. The topological polar surface area (TPSA) is 68.8 Å². The SMILES string of the molecule is C[C@H](NC1(CNC(=O)c2cccc3c2OCCO3)CCOCC1)c1ccccc1. The van der Waals surface area contributed by atoms with Gasteiger partial charge in [-0.3, -0.25) is 4.79 Å². The number of nitrogens with one attached hydrogen (secondary N) is 2. The highest BCUT2D eigenvalue weighted by Crippen LogP contribution is 2.33. The minimum atomic E-state index is -0.213. The van der Waals surface area contributed by atoms with E-state index in [0.717, 1.165) is 12.8 Å². The van der Waals surface area contributed by atoms with Crippen LogP contribution in [-0.4, -0.2) is 44.4 Å². The van der Waals surface area contributed by atoms with E-state index in [1.807, 2.05) is 30.3 Å². The van der Waals surface area contributed by atoms with Gasteiger partial charge in [0.1, 0.15) is 13.2 Å². The lowest BCUT2D eigenvalue weighted by molar-refractivity contribution is 0.0332. The molecule has 29 heavy (non-hydrogen) atoms. The smallest absolute Gasteiger partial charge is 0.255 e. The molecule has 6 heteroatoms. The van der Waals surface area contributed by atoms with Gasteiger partial charge in [-0.15, -0.1) is 0 Å². The molecule has 154 valence electrons. The first-order valence-electron chi connectivity index (χ1n) is 10.2. The van der Waals surface area contributed by atoms with Crippen molar-refractivity contribution in [2.24, 2.45) is 0 Å². The predicted octanol–water partition coefficient (Wildman–Crippen LogP) is 3.09. The molecule has 0 aliphatic carbocycles. The fourth-order valence-electron chi connectivity index (χ4n) is 4.02. The maximum Gasteiger partial charge on any atom is 0.255 e. The van der Waals surface area contributed by atoms with Gasteiger partial charge in [-0.25, -0.2) is 0 Å². The summed E-state index contributed by atoms with van der Waals surface area (Å²) >= 11 is 0. The molecule has 4 rings (SSSR count). The number of para-hydroxylation sites is 1. The van der Waals surface area contributed by atoms with Crippen molar-refractivity contribution < 1.29 is 19.0 Å². The third-order valence-corrected chi connectivity index (χ3v) is 5.67. The summed E-state index contributed by atoms with van der Waals surface area (Å²) in [7, 11) is 0. The Kier molecular flexibility index (Phi) is 6.02. The van der Waals surface area contributed by atoms with E-state index in [1.165, 1.54) is 5.56 Å². The molecule has 0 aromatic heterocycles. The molecular weight excluding hydrogens is 368 g/mol. The van der Waals surface area contributed by atoms with Crippen molar-refractivity contribution in [2.75, 3.05) is 33.0 Å². The monoisotopic (exact) mass is 396 g/mol. The van der Waals surface area contributed by atoms with Gasteiger partial charge in [0.05, 0.1) is 5.56 Å². The molecule has 2 aliphatic rings. The van der Waals surface area contributed by atoms with Gasteiger partial charge in [-0.1, -0.05) is 36.4 Å². The molecule has 2 aromatic rings. The van der Waals surface area contributed by atoms with Crippen molar-refractivity contribution in [1.29, 1.82) is 0 Å². The van der Waals surface area contributed by atoms with Crippen LogP contribution in [-0.2, 0) is 4.74 Å². The lowest BCUT2D eigenvalue weighted by atomic mass is 9.88. The largest absolute Gasteiger partial charge is 0.486 e. The third-order valence-electron chi connectivity index (χ3n) is 5.67. The van der Waals surface area contributed by atoms with Gasteiger partial charge in [-0.2, -0.15) is 0 Å². The Labute approximate surface area is 171 Å². The maximum atomic E-state index is 13.0. The van der Waals surface area contributed by atoms with Crippen molar-refractivity contribution in [3.8, 4) is 11.5 Å². The summed E-state index contributed by atoms with van der Waals surface area (Å²) in [6.45, 7) is 5.01. The van der Waals surface area contributed by atoms with Gasteiger partial charge >= 0.3 is 0 Å². The Morgan fingerprint density at radius 1 is 1.00 bits per heavy atom. The van der Waals surface area contributed by atoms with E-state index in [9.17, 15) is 4.79 Å². The summed E-state index contributed by atoms with van der Waals surface area (Å²) < 4.78 is 16.9. The Morgan fingerprint density at radius 2 is 1.76 bits per heavy atom. The van der Waals surface area contributed by atoms with Crippen LogP contribution in [0, 0.1) is 0 Å². The average molecular weight is 396 g/mol. The number of carbonyl (C=O) groups is 1. The minimum Gasteiger partial charge on any atom is -0.486 e. The number of hydrogen-bond acceptors (Lipinski definition) is 5. The average Bonchev–Trinajstić information content (AvgIpc) is 2.78. The number of benzene rings is 2. The van der Waals surface area contributed by atoms with Crippen LogP contribution in [0.15, 0.2) is 48.5 Å². The zero-order valence-electron chi connectivity index (χ0n) is 16.8. The second-order valence-electron chi connectivity index (χ2n) is 7.68. The van der Waals surface area contributed by atoms with Crippen LogP contribution in [0.3, 0.4) is 0 Å². The van der Waals surface area contributed by atoms with Gasteiger partial charge in [0.25, 0.3) is 5.91 Å². The van der Waals surface area contributed by atoms with E-state index in [2.05, 4.69) is 29.7 Å². The predicted molar refractivity (Wildman–Crippen MR) is 111 cm³/mol. The van der Waals surface area contributed by atoms with Gasteiger partial charge in [0.2, 0.25) is 0 Å². The highest BCUT2D eigenvalue weighted by molar-refractivity contribution is 5.97. The maximum absolute atomic E-state index is 13.0. The Bertz CT molecular complexity index is 834. The first-order chi connectivity index (χ1) is 14.2. The molecule has 2 aromatic carbocycles. The zero-order valence-corrected chi connectivity index (χ0v) is 16.8. The summed E-state index contributed by atoms with van der Waals surface area (Å²) in [6, 6.07) is 16.0. The lowest BCUT2D eigenvalue weighted by Crippen LogP contribution is -2.57. The summed E-state index contributed by atoms with van der Waals surface area (Å²) in [5.74, 6) is 1.01. The second kappa shape index (κ2) is 8.84. The van der Waals surface area contributed by atoms with Gasteiger partial charge in [-0.05, 0) is 37.5 Å². The molecule has 1 amide bonds. The first-order valence-corrected chi connectivity index (χ1v) is 10.2. The normalized spacial score (nSPS) is 18.7. The quantitative estimate of drug-likeness (QED) is 0.785. The van der Waals surface area contributed by atoms with Crippen molar-refractivity contribution in [1.82, 2.24) is 10.6 Å². The molecular formula is C23H28N2O4. The molecule has 0 saturated carbocycles. The van der Waals surface area contributed by atoms with E-state index in [0.29, 0.717) is 50.0 Å². The molecule has 2 aliphatic heterocycles. The van der Waals surface area contributed by atoms with Crippen LogP contribution < -0.4 is 20.1 Å². The van der Waals surface area contributed by atoms with Crippen LogP contribution >= 0.6 is 0 Å². The summed E-state index contributed by atoms with van der Waals surface area (Å²) in [5, 5.41) is 6.89. The highest BCUT2D eigenvalue weighted by Gasteiger charge is 2.34. The number of carbonyl (C=O) groups excluding carboxylic acids is 1. The van der Waals surface area contributed by atoms with Crippen molar-refractivity contribution >= 4 is 5.91 Å². The minimum absolute atomic E-state index is 0.146. The van der Waals surface area contributed by atoms with Gasteiger partial charge in [0, 0.05) is 31.3 Å². The van der Waals surface area contributed by atoms with E-state index in [-0.39, 0.29) is 17.5 Å². The van der Waals surface area contributed by atoms with Crippen molar-refractivity contribution in [3.05, 3.63) is 59.7 Å². The van der Waals surface area contributed by atoms with Crippen LogP contribution in [0.25, 0.3) is 0 Å². The van der Waals surface area contributed by atoms with E-state index >= 15 is 0 Å². The van der Waals surface area contributed by atoms with Crippen LogP contribution in [0.2, 0.25) is 0 Å². The van der Waals surface area contributed by atoms with Crippen LogP contribution in [0.5, 0.6) is 11.5 Å². The molecule has 1 fully saturated rings. The molecule has 2 N–H and O–H groups in total. The molecule has 6 nitrogen and oxygen atoms in total. The van der Waals surface area contributed by atoms with E-state index in [1.54, 1.807) is 6.07 Å². The summed E-state index contributed by atoms with van der Waals surface area (Å²) in [6.07, 6.45) is 1.69. The Hall–Kier alpha value is -2.57. The highest BCUT2D eigenvalue weighted by atomic mass is 16.6. The fourth-order valence-corrected chi connectivity index (χ4v) is 4.02. The van der Waals surface area contributed by atoms with E-state index < -0.39 is 0 Å². The number of amides is 1. The molecule has 2 heterocycles. The van der Waals surface area contributed by atoms with Crippen molar-refractivity contribution in [3.63, 3.8) is 0 Å². The number of hydrogen-bond donors (Lipinski definition) is 2. The molecule has 0 radical (unpaired) electrons.